The molecule has 0 aliphatic rings. The van der Waals surface area contributed by atoms with Crippen LogP contribution in [0.25, 0.3) is 0 Å². The van der Waals surface area contributed by atoms with E-state index in [1.807, 2.05) is 35.6 Å². The van der Waals surface area contributed by atoms with E-state index >= 15 is 0 Å². The lowest BCUT2D eigenvalue weighted by molar-refractivity contribution is -0.122. The third-order valence-corrected chi connectivity index (χ3v) is 5.71. The number of halogens is 2. The predicted octanol–water partition coefficient (Wildman–Crippen LogP) is 4.55. The molecule has 1 atom stereocenters. The quantitative estimate of drug-likeness (QED) is 0.244. The van der Waals surface area contributed by atoms with E-state index in [0.29, 0.717) is 27.9 Å². The summed E-state index contributed by atoms with van der Waals surface area (Å²) >= 11 is 8.02. The molecule has 33 heavy (non-hydrogen) atoms. The van der Waals surface area contributed by atoms with Crippen LogP contribution in [0.4, 0.5) is 5.69 Å². The fraction of sp³-hybridized carbons (Fsp3) is 0.217. The van der Waals surface area contributed by atoms with Gasteiger partial charge >= 0.3 is 0 Å². The van der Waals surface area contributed by atoms with E-state index < -0.39 is 12.0 Å². The molecule has 10 heteroatoms. The predicted molar refractivity (Wildman–Crippen MR) is 137 cm³/mol. The van der Waals surface area contributed by atoms with Crippen LogP contribution in [0.3, 0.4) is 0 Å². The van der Waals surface area contributed by atoms with Gasteiger partial charge in [0.05, 0.1) is 9.28 Å². The van der Waals surface area contributed by atoms with Crippen LogP contribution < -0.4 is 15.5 Å². The molecular formula is C23H23ClIN5O3. The summed E-state index contributed by atoms with van der Waals surface area (Å²) < 4.78 is 8.08. The summed E-state index contributed by atoms with van der Waals surface area (Å²) in [5.74, 6) is -0.0986. The minimum absolute atomic E-state index is 0.297. The molecule has 0 saturated heterocycles. The SMILES string of the molecule is CC(=NNC(=O)c1nn(C)cc1I)c1cccc(NC(=O)[C@H](C)Oc2ccc(Cl)cc2C)c1. The molecule has 0 saturated carbocycles. The first-order valence-corrected chi connectivity index (χ1v) is 11.5. The van der Waals surface area contributed by atoms with Crippen molar-refractivity contribution >= 4 is 57.4 Å². The summed E-state index contributed by atoms with van der Waals surface area (Å²) in [6.07, 6.45) is 1.03. The molecule has 172 valence electrons. The first-order valence-electron chi connectivity index (χ1n) is 10.0. The van der Waals surface area contributed by atoms with Crippen molar-refractivity contribution in [1.29, 1.82) is 0 Å². The van der Waals surface area contributed by atoms with Gasteiger partial charge in [-0.3, -0.25) is 14.3 Å². The molecule has 2 N–H and O–H groups in total. The molecule has 8 nitrogen and oxygen atoms in total. The Morgan fingerprint density at radius 1 is 1.24 bits per heavy atom. The lowest BCUT2D eigenvalue weighted by atomic mass is 10.1. The van der Waals surface area contributed by atoms with Crippen LogP contribution in [-0.4, -0.2) is 33.4 Å². The van der Waals surface area contributed by atoms with Crippen LogP contribution in [0, 0.1) is 10.5 Å². The van der Waals surface area contributed by atoms with E-state index in [4.69, 9.17) is 16.3 Å². The van der Waals surface area contributed by atoms with E-state index in [2.05, 4.69) is 20.9 Å². The molecule has 0 fully saturated rings. The maximum atomic E-state index is 12.6. The van der Waals surface area contributed by atoms with Crippen LogP contribution in [0.2, 0.25) is 5.02 Å². The van der Waals surface area contributed by atoms with Crippen molar-refractivity contribution in [3.63, 3.8) is 0 Å². The Labute approximate surface area is 210 Å². The Morgan fingerprint density at radius 2 is 2.00 bits per heavy atom. The Kier molecular flexibility index (Phi) is 8.09. The smallest absolute Gasteiger partial charge is 0.292 e. The molecule has 3 rings (SSSR count). The van der Waals surface area contributed by atoms with Gasteiger partial charge < -0.3 is 10.1 Å². The molecule has 0 spiro atoms. The minimum Gasteiger partial charge on any atom is -0.481 e. The number of anilines is 1. The lowest BCUT2D eigenvalue weighted by Crippen LogP contribution is -2.30. The van der Waals surface area contributed by atoms with Crippen molar-refractivity contribution in [1.82, 2.24) is 15.2 Å². The summed E-state index contributed by atoms with van der Waals surface area (Å²) in [4.78, 5) is 24.9. The molecule has 0 bridgehead atoms. The van der Waals surface area contributed by atoms with Crippen LogP contribution >= 0.6 is 34.2 Å². The zero-order valence-electron chi connectivity index (χ0n) is 18.5. The second kappa shape index (κ2) is 10.8. The van der Waals surface area contributed by atoms with Crippen molar-refractivity contribution in [3.05, 3.63) is 74.1 Å². The highest BCUT2D eigenvalue weighted by Gasteiger charge is 2.17. The Morgan fingerprint density at radius 3 is 2.67 bits per heavy atom. The molecule has 0 aliphatic carbocycles. The van der Waals surface area contributed by atoms with Gasteiger partial charge in [-0.15, -0.1) is 0 Å². The van der Waals surface area contributed by atoms with Crippen molar-refractivity contribution in [2.45, 2.75) is 26.9 Å². The number of benzene rings is 2. The second-order valence-corrected chi connectivity index (χ2v) is 8.98. The number of hydrogen-bond acceptors (Lipinski definition) is 5. The molecule has 1 heterocycles. The first-order chi connectivity index (χ1) is 15.6. The number of aromatic nitrogens is 2. The van der Waals surface area contributed by atoms with E-state index in [-0.39, 0.29) is 5.91 Å². The van der Waals surface area contributed by atoms with Crippen molar-refractivity contribution in [2.24, 2.45) is 12.1 Å². The molecule has 3 aromatic rings. The monoisotopic (exact) mass is 579 g/mol. The van der Waals surface area contributed by atoms with Gasteiger partial charge in [0.2, 0.25) is 0 Å². The Hall–Kier alpha value is -2.92. The zero-order valence-corrected chi connectivity index (χ0v) is 21.4. The van der Waals surface area contributed by atoms with E-state index in [9.17, 15) is 9.59 Å². The molecule has 2 aromatic carbocycles. The van der Waals surface area contributed by atoms with Gasteiger partial charge in [0, 0.05) is 24.0 Å². The van der Waals surface area contributed by atoms with Crippen molar-refractivity contribution in [2.75, 3.05) is 5.32 Å². The fourth-order valence-corrected chi connectivity index (χ4v) is 3.90. The van der Waals surface area contributed by atoms with Crippen LogP contribution in [0.1, 0.15) is 35.5 Å². The number of amides is 2. The maximum absolute atomic E-state index is 12.6. The molecule has 0 aliphatic heterocycles. The number of aryl methyl sites for hydroxylation is 2. The van der Waals surface area contributed by atoms with Crippen LogP contribution in [0.15, 0.2) is 53.8 Å². The Balaban J connectivity index is 1.64. The summed E-state index contributed by atoms with van der Waals surface area (Å²) in [5.41, 5.74) is 5.57. The molecule has 2 amide bonds. The fourth-order valence-electron chi connectivity index (χ4n) is 2.92. The van der Waals surface area contributed by atoms with Gasteiger partial charge in [0.25, 0.3) is 11.8 Å². The third kappa shape index (κ3) is 6.55. The van der Waals surface area contributed by atoms with Gasteiger partial charge in [-0.25, -0.2) is 5.43 Å². The minimum atomic E-state index is -0.719. The first kappa shape index (κ1) is 24.7. The maximum Gasteiger partial charge on any atom is 0.292 e. The summed E-state index contributed by atoms with van der Waals surface area (Å²) in [6, 6.07) is 12.4. The van der Waals surface area contributed by atoms with Gasteiger partial charge in [-0.05, 0) is 84.8 Å². The van der Waals surface area contributed by atoms with Gasteiger partial charge in [0.15, 0.2) is 11.8 Å². The number of nitrogens with one attached hydrogen (secondary N) is 2. The number of carbonyl (C=O) groups is 2. The molecule has 0 unspecified atom stereocenters. The van der Waals surface area contributed by atoms with Crippen molar-refractivity contribution in [3.8, 4) is 5.75 Å². The normalized spacial score (nSPS) is 12.2. The Bertz CT molecular complexity index is 1220. The standard InChI is InChI=1S/C23H23ClIN5O3/c1-13-10-17(24)8-9-20(13)33-15(3)22(31)26-18-7-5-6-16(11-18)14(2)27-28-23(32)21-19(25)12-30(4)29-21/h5-12,15H,1-4H3,(H,26,31)(H,28,32)/t15-/m0/s1. The third-order valence-electron chi connectivity index (χ3n) is 4.68. The van der Waals surface area contributed by atoms with Crippen molar-refractivity contribution < 1.29 is 14.3 Å². The van der Waals surface area contributed by atoms with Crippen LogP contribution in [-0.2, 0) is 11.8 Å². The average Bonchev–Trinajstić information content (AvgIpc) is 3.11. The second-order valence-electron chi connectivity index (χ2n) is 7.38. The number of ether oxygens (including phenoxy) is 1. The average molecular weight is 580 g/mol. The molecule has 0 radical (unpaired) electrons. The highest BCUT2D eigenvalue weighted by molar-refractivity contribution is 14.1. The number of rotatable bonds is 7. The van der Waals surface area contributed by atoms with E-state index in [0.717, 1.165) is 14.7 Å². The number of carbonyl (C=O) groups excluding carboxylic acids is 2. The largest absolute Gasteiger partial charge is 0.481 e. The van der Waals surface area contributed by atoms with Gasteiger partial charge in [-0.2, -0.15) is 10.2 Å². The summed E-state index contributed by atoms with van der Waals surface area (Å²) in [5, 5.41) is 11.7. The van der Waals surface area contributed by atoms with E-state index in [1.165, 1.54) is 0 Å². The number of hydrogen-bond donors (Lipinski definition) is 2. The number of hydrazone groups is 1. The lowest BCUT2D eigenvalue weighted by Gasteiger charge is -2.16. The topological polar surface area (TPSA) is 97.6 Å². The molecule has 1 aromatic heterocycles. The van der Waals surface area contributed by atoms with Gasteiger partial charge in [0.1, 0.15) is 5.75 Å². The molecular weight excluding hydrogens is 557 g/mol. The highest BCUT2D eigenvalue weighted by atomic mass is 127. The zero-order chi connectivity index (χ0) is 24.1. The summed E-state index contributed by atoms with van der Waals surface area (Å²) in [6.45, 7) is 5.30. The van der Waals surface area contributed by atoms with Crippen LogP contribution in [0.5, 0.6) is 5.75 Å². The number of nitrogens with zero attached hydrogens (tertiary/aromatic N) is 3. The highest BCUT2D eigenvalue weighted by Crippen LogP contribution is 2.23. The van der Waals surface area contributed by atoms with Gasteiger partial charge in [-0.1, -0.05) is 23.7 Å². The summed E-state index contributed by atoms with van der Waals surface area (Å²) in [7, 11) is 1.75. The van der Waals surface area contributed by atoms with E-state index in [1.54, 1.807) is 68.2 Å².